The standard InChI is InChI=1S/C14H16N4/c1-8-4-5-10-12(6-8)18(3)9(2)14(10)11-7-13(15)17-16-11/h4-7H,1-3H3,(H3,15,16,17). The number of hydrogen-bond donors (Lipinski definition) is 2. The lowest BCUT2D eigenvalue weighted by Gasteiger charge is -1.99. The summed E-state index contributed by atoms with van der Waals surface area (Å²) in [5.41, 5.74) is 11.5. The van der Waals surface area contributed by atoms with Crippen LogP contribution in [0, 0.1) is 13.8 Å². The van der Waals surface area contributed by atoms with Gasteiger partial charge in [0.25, 0.3) is 0 Å². The highest BCUT2D eigenvalue weighted by atomic mass is 15.2. The van der Waals surface area contributed by atoms with Crippen LogP contribution in [0.4, 0.5) is 5.82 Å². The minimum Gasteiger partial charge on any atom is -0.382 e. The van der Waals surface area contributed by atoms with Crippen molar-refractivity contribution in [3.8, 4) is 11.3 Å². The van der Waals surface area contributed by atoms with E-state index in [-0.39, 0.29) is 0 Å². The number of H-pyrrole nitrogens is 1. The lowest BCUT2D eigenvalue weighted by molar-refractivity contribution is 0.917. The number of hydrogen-bond acceptors (Lipinski definition) is 2. The van der Waals surface area contributed by atoms with Crippen LogP contribution in [0.3, 0.4) is 0 Å². The fraction of sp³-hybridized carbons (Fsp3) is 0.214. The van der Waals surface area contributed by atoms with Crippen molar-refractivity contribution in [2.75, 3.05) is 5.73 Å². The molecule has 92 valence electrons. The molecule has 1 aromatic carbocycles. The normalized spacial score (nSPS) is 11.3. The Labute approximate surface area is 105 Å². The number of fused-ring (bicyclic) bond motifs is 1. The number of nitrogens with two attached hydrogens (primary N) is 1. The predicted octanol–water partition coefficient (Wildman–Crippen LogP) is 2.77. The second kappa shape index (κ2) is 3.63. The molecule has 3 rings (SSSR count). The second-order valence-electron chi connectivity index (χ2n) is 4.75. The average molecular weight is 240 g/mol. The van der Waals surface area contributed by atoms with Gasteiger partial charge in [-0.25, -0.2) is 0 Å². The van der Waals surface area contributed by atoms with Gasteiger partial charge < -0.3 is 10.3 Å². The minimum atomic E-state index is 0.522. The molecule has 0 aliphatic carbocycles. The van der Waals surface area contributed by atoms with Crippen molar-refractivity contribution in [2.24, 2.45) is 7.05 Å². The number of nitrogen functional groups attached to an aromatic ring is 1. The van der Waals surface area contributed by atoms with E-state index in [0.29, 0.717) is 5.82 Å². The van der Waals surface area contributed by atoms with Crippen LogP contribution in [-0.2, 0) is 7.05 Å². The number of aryl methyl sites for hydroxylation is 2. The lowest BCUT2D eigenvalue weighted by Crippen LogP contribution is -1.90. The lowest BCUT2D eigenvalue weighted by atomic mass is 10.1. The molecule has 3 N–H and O–H groups in total. The summed E-state index contributed by atoms with van der Waals surface area (Å²) in [5, 5.41) is 8.23. The van der Waals surface area contributed by atoms with Gasteiger partial charge >= 0.3 is 0 Å². The molecule has 2 heterocycles. The quantitative estimate of drug-likeness (QED) is 0.687. The Balaban J connectivity index is 2.39. The number of benzene rings is 1. The highest BCUT2D eigenvalue weighted by Crippen LogP contribution is 2.33. The molecule has 0 spiro atoms. The van der Waals surface area contributed by atoms with Crippen LogP contribution >= 0.6 is 0 Å². The first-order chi connectivity index (χ1) is 8.58. The van der Waals surface area contributed by atoms with Crippen molar-refractivity contribution in [3.63, 3.8) is 0 Å². The van der Waals surface area contributed by atoms with Crippen LogP contribution in [0.25, 0.3) is 22.2 Å². The number of nitrogens with zero attached hydrogens (tertiary/aromatic N) is 2. The van der Waals surface area contributed by atoms with Gasteiger partial charge in [0.15, 0.2) is 0 Å². The molecule has 4 nitrogen and oxygen atoms in total. The van der Waals surface area contributed by atoms with E-state index < -0.39 is 0 Å². The summed E-state index contributed by atoms with van der Waals surface area (Å²) < 4.78 is 2.20. The molecule has 4 heteroatoms. The molecule has 0 unspecified atom stereocenters. The van der Waals surface area contributed by atoms with E-state index in [9.17, 15) is 0 Å². The van der Waals surface area contributed by atoms with Crippen LogP contribution < -0.4 is 5.73 Å². The van der Waals surface area contributed by atoms with Crippen LogP contribution in [-0.4, -0.2) is 14.8 Å². The first-order valence-corrected chi connectivity index (χ1v) is 5.95. The van der Waals surface area contributed by atoms with Gasteiger partial charge in [0.1, 0.15) is 5.82 Å². The maximum atomic E-state index is 5.69. The van der Waals surface area contributed by atoms with Crippen molar-refractivity contribution >= 4 is 16.7 Å². The number of nitrogens with one attached hydrogen (secondary N) is 1. The van der Waals surface area contributed by atoms with E-state index in [2.05, 4.69) is 53.9 Å². The molecule has 18 heavy (non-hydrogen) atoms. The number of anilines is 1. The first kappa shape index (κ1) is 10.9. The van der Waals surface area contributed by atoms with Gasteiger partial charge in [-0.2, -0.15) is 5.10 Å². The van der Waals surface area contributed by atoms with Gasteiger partial charge in [0.2, 0.25) is 0 Å². The molecule has 0 saturated heterocycles. The zero-order valence-electron chi connectivity index (χ0n) is 10.8. The third-order valence-electron chi connectivity index (χ3n) is 3.52. The topological polar surface area (TPSA) is 59.6 Å². The fourth-order valence-electron chi connectivity index (χ4n) is 2.48. The molecular weight excluding hydrogens is 224 g/mol. The molecule has 0 radical (unpaired) electrons. The molecule has 2 aromatic heterocycles. The molecule has 0 bridgehead atoms. The monoisotopic (exact) mass is 240 g/mol. The van der Waals surface area contributed by atoms with E-state index >= 15 is 0 Å². The van der Waals surface area contributed by atoms with E-state index in [0.717, 1.165) is 5.69 Å². The van der Waals surface area contributed by atoms with Crippen LogP contribution in [0.1, 0.15) is 11.3 Å². The summed E-state index contributed by atoms with van der Waals surface area (Å²) in [6, 6.07) is 8.36. The number of aromatic nitrogens is 3. The Morgan fingerprint density at radius 3 is 2.67 bits per heavy atom. The number of aromatic amines is 1. The molecular formula is C14H16N4. The number of rotatable bonds is 1. The summed E-state index contributed by atoms with van der Waals surface area (Å²) in [5.74, 6) is 0.522. The largest absolute Gasteiger partial charge is 0.382 e. The zero-order chi connectivity index (χ0) is 12.9. The summed E-state index contributed by atoms with van der Waals surface area (Å²) in [4.78, 5) is 0. The Kier molecular flexibility index (Phi) is 2.20. The fourth-order valence-corrected chi connectivity index (χ4v) is 2.48. The summed E-state index contributed by atoms with van der Waals surface area (Å²) in [7, 11) is 2.08. The molecule has 0 fully saturated rings. The average Bonchev–Trinajstić information content (AvgIpc) is 2.85. The van der Waals surface area contributed by atoms with Crippen LogP contribution in [0.15, 0.2) is 24.3 Å². The van der Waals surface area contributed by atoms with E-state index in [1.807, 2.05) is 6.07 Å². The van der Waals surface area contributed by atoms with E-state index in [1.165, 1.54) is 27.7 Å². The maximum Gasteiger partial charge on any atom is 0.145 e. The molecule has 3 aromatic rings. The predicted molar refractivity (Wildman–Crippen MR) is 74.4 cm³/mol. The Bertz CT molecular complexity index is 734. The summed E-state index contributed by atoms with van der Waals surface area (Å²) in [6.45, 7) is 4.22. The van der Waals surface area contributed by atoms with Gasteiger partial charge in [-0.3, -0.25) is 5.10 Å². The Hall–Kier alpha value is -2.23. The minimum absolute atomic E-state index is 0.522. The molecule has 0 amide bonds. The van der Waals surface area contributed by atoms with Gasteiger partial charge in [-0.15, -0.1) is 0 Å². The molecule has 0 aliphatic heterocycles. The van der Waals surface area contributed by atoms with Crippen molar-refractivity contribution in [1.29, 1.82) is 0 Å². The van der Waals surface area contributed by atoms with Crippen molar-refractivity contribution in [3.05, 3.63) is 35.5 Å². The smallest absolute Gasteiger partial charge is 0.145 e. The van der Waals surface area contributed by atoms with E-state index in [4.69, 9.17) is 5.73 Å². The second-order valence-corrected chi connectivity index (χ2v) is 4.75. The molecule has 0 saturated carbocycles. The summed E-state index contributed by atoms with van der Waals surface area (Å²) >= 11 is 0. The zero-order valence-corrected chi connectivity index (χ0v) is 10.8. The molecule has 0 atom stereocenters. The Morgan fingerprint density at radius 1 is 1.22 bits per heavy atom. The van der Waals surface area contributed by atoms with Crippen LogP contribution in [0.2, 0.25) is 0 Å². The Morgan fingerprint density at radius 2 is 2.00 bits per heavy atom. The highest BCUT2D eigenvalue weighted by Gasteiger charge is 2.15. The van der Waals surface area contributed by atoms with Gasteiger partial charge in [-0.05, 0) is 25.5 Å². The van der Waals surface area contributed by atoms with Crippen molar-refractivity contribution in [1.82, 2.24) is 14.8 Å². The first-order valence-electron chi connectivity index (χ1n) is 5.95. The SMILES string of the molecule is Cc1ccc2c(-c3cc(N)n[nH]3)c(C)n(C)c2c1. The highest BCUT2D eigenvalue weighted by molar-refractivity contribution is 5.97. The summed E-state index contributed by atoms with van der Waals surface area (Å²) in [6.07, 6.45) is 0. The molecule has 0 aliphatic rings. The van der Waals surface area contributed by atoms with Crippen molar-refractivity contribution in [2.45, 2.75) is 13.8 Å². The third kappa shape index (κ3) is 1.42. The van der Waals surface area contributed by atoms with Gasteiger partial charge in [0, 0.05) is 35.3 Å². The third-order valence-corrected chi connectivity index (χ3v) is 3.52. The van der Waals surface area contributed by atoms with Gasteiger partial charge in [0.05, 0.1) is 5.69 Å². The maximum absolute atomic E-state index is 5.69. The van der Waals surface area contributed by atoms with Crippen molar-refractivity contribution < 1.29 is 0 Å². The van der Waals surface area contributed by atoms with E-state index in [1.54, 1.807) is 0 Å². The van der Waals surface area contributed by atoms with Crippen LogP contribution in [0.5, 0.6) is 0 Å². The van der Waals surface area contributed by atoms with Gasteiger partial charge in [-0.1, -0.05) is 12.1 Å².